The van der Waals surface area contributed by atoms with Gasteiger partial charge in [-0.25, -0.2) is 4.79 Å². The molecule has 0 bridgehead atoms. The van der Waals surface area contributed by atoms with Crippen LogP contribution in [0.1, 0.15) is 32.7 Å². The number of hydrogen-bond acceptors (Lipinski definition) is 4. The van der Waals surface area contributed by atoms with Crippen LogP contribution >= 0.6 is 0 Å². The number of rotatable bonds is 6. The van der Waals surface area contributed by atoms with Crippen LogP contribution < -0.4 is 5.32 Å². The zero-order valence-corrected chi connectivity index (χ0v) is 15.2. The second-order valence-corrected chi connectivity index (χ2v) is 6.52. The highest BCUT2D eigenvalue weighted by Crippen LogP contribution is 2.14. The van der Waals surface area contributed by atoms with Crippen molar-refractivity contribution < 1.29 is 19.1 Å². The number of carbonyl (C=O) groups excluding carboxylic acids is 3. The Kier molecular flexibility index (Phi) is 5.86. The van der Waals surface area contributed by atoms with E-state index in [0.29, 0.717) is 24.2 Å². The molecule has 3 rings (SSSR count). The summed E-state index contributed by atoms with van der Waals surface area (Å²) in [6.07, 6.45) is 1.08. The highest BCUT2D eigenvalue weighted by molar-refractivity contribution is 5.98. The first-order valence-corrected chi connectivity index (χ1v) is 8.88. The largest absolute Gasteiger partial charge is 0.465 e. The molecule has 27 heavy (non-hydrogen) atoms. The molecule has 1 aliphatic heterocycles. The van der Waals surface area contributed by atoms with Gasteiger partial charge in [-0.05, 0) is 30.2 Å². The Morgan fingerprint density at radius 2 is 1.85 bits per heavy atom. The molecule has 6 nitrogen and oxygen atoms in total. The summed E-state index contributed by atoms with van der Waals surface area (Å²) in [6.45, 7) is 1.13. The highest BCUT2D eigenvalue weighted by Gasteiger charge is 2.30. The van der Waals surface area contributed by atoms with Crippen molar-refractivity contribution in [1.29, 1.82) is 0 Å². The van der Waals surface area contributed by atoms with E-state index in [9.17, 15) is 14.4 Å². The molecule has 1 N–H and O–H groups in total. The van der Waals surface area contributed by atoms with Gasteiger partial charge >= 0.3 is 5.97 Å². The van der Waals surface area contributed by atoms with Crippen LogP contribution in [-0.4, -0.2) is 48.9 Å². The topological polar surface area (TPSA) is 75.7 Å². The first-order valence-electron chi connectivity index (χ1n) is 8.88. The number of methoxy groups -OCH3 is 1. The van der Waals surface area contributed by atoms with E-state index in [2.05, 4.69) is 10.1 Å². The van der Waals surface area contributed by atoms with E-state index in [1.165, 1.54) is 18.7 Å². The van der Waals surface area contributed by atoms with Crippen LogP contribution in [0, 0.1) is 0 Å². The van der Waals surface area contributed by atoms with Gasteiger partial charge in [0.25, 0.3) is 5.91 Å². The fraction of sp³-hybridized carbons (Fsp3) is 0.286. The summed E-state index contributed by atoms with van der Waals surface area (Å²) in [7, 11) is 1.29. The highest BCUT2D eigenvalue weighted by atomic mass is 16.5. The Morgan fingerprint density at radius 3 is 2.59 bits per heavy atom. The maximum atomic E-state index is 12.5. The Morgan fingerprint density at radius 1 is 1.11 bits per heavy atom. The minimum atomic E-state index is -0.493. The van der Waals surface area contributed by atoms with Gasteiger partial charge in [-0.15, -0.1) is 0 Å². The van der Waals surface area contributed by atoms with E-state index in [0.717, 1.165) is 6.42 Å². The molecular weight excluding hydrogens is 344 g/mol. The molecule has 1 atom stereocenters. The van der Waals surface area contributed by atoms with Gasteiger partial charge in [-0.1, -0.05) is 36.4 Å². The van der Waals surface area contributed by atoms with Gasteiger partial charge in [0.2, 0.25) is 5.91 Å². The van der Waals surface area contributed by atoms with Gasteiger partial charge < -0.3 is 15.0 Å². The summed E-state index contributed by atoms with van der Waals surface area (Å²) in [6, 6.07) is 16.1. The molecule has 0 aromatic heterocycles. The van der Waals surface area contributed by atoms with Crippen LogP contribution in [0.5, 0.6) is 0 Å². The summed E-state index contributed by atoms with van der Waals surface area (Å²) >= 11 is 0. The number of likely N-dealkylation sites (tertiary alicyclic amines) is 1. The van der Waals surface area contributed by atoms with Gasteiger partial charge in [0.05, 0.1) is 18.7 Å². The quantitative estimate of drug-likeness (QED) is 0.794. The fourth-order valence-electron chi connectivity index (χ4n) is 3.17. The van der Waals surface area contributed by atoms with Crippen LogP contribution in [0.2, 0.25) is 0 Å². The molecular formula is C21H22N2O4. The first kappa shape index (κ1) is 18.6. The monoisotopic (exact) mass is 366 g/mol. The predicted octanol–water partition coefficient (Wildman–Crippen LogP) is 2.05. The van der Waals surface area contributed by atoms with E-state index in [4.69, 9.17) is 0 Å². The molecule has 1 saturated heterocycles. The first-order chi connectivity index (χ1) is 13.1. The van der Waals surface area contributed by atoms with Gasteiger partial charge in [-0.2, -0.15) is 0 Å². The molecule has 0 saturated carbocycles. The molecule has 1 heterocycles. The number of carbonyl (C=O) groups is 3. The van der Waals surface area contributed by atoms with E-state index in [-0.39, 0.29) is 24.3 Å². The number of benzene rings is 2. The molecule has 2 amide bonds. The van der Waals surface area contributed by atoms with Crippen molar-refractivity contribution >= 4 is 17.8 Å². The third kappa shape index (κ3) is 4.73. The molecule has 0 aliphatic carbocycles. The third-order valence-electron chi connectivity index (χ3n) is 4.61. The van der Waals surface area contributed by atoms with Crippen LogP contribution in [-0.2, 0) is 16.0 Å². The van der Waals surface area contributed by atoms with Crippen molar-refractivity contribution in [2.75, 3.05) is 20.2 Å². The lowest BCUT2D eigenvalue weighted by Gasteiger charge is -2.17. The van der Waals surface area contributed by atoms with Crippen LogP contribution in [0.25, 0.3) is 0 Å². The average Bonchev–Trinajstić information content (AvgIpc) is 3.05. The van der Waals surface area contributed by atoms with Crippen molar-refractivity contribution in [3.8, 4) is 0 Å². The minimum absolute atomic E-state index is 0.0412. The van der Waals surface area contributed by atoms with Gasteiger partial charge in [-0.3, -0.25) is 9.59 Å². The molecule has 140 valence electrons. The molecule has 2 aromatic rings. The van der Waals surface area contributed by atoms with Crippen molar-refractivity contribution in [1.82, 2.24) is 10.2 Å². The van der Waals surface area contributed by atoms with Crippen molar-refractivity contribution in [3.05, 3.63) is 71.3 Å². The van der Waals surface area contributed by atoms with Gasteiger partial charge in [0, 0.05) is 25.1 Å². The summed E-state index contributed by atoms with van der Waals surface area (Å²) in [4.78, 5) is 38.1. The summed E-state index contributed by atoms with van der Waals surface area (Å²) in [5.41, 5.74) is 1.86. The smallest absolute Gasteiger partial charge is 0.337 e. The molecule has 0 spiro atoms. The van der Waals surface area contributed by atoms with E-state index in [1.54, 1.807) is 23.1 Å². The standard InChI is InChI=1S/C21H22N2O4/c1-27-21(26)17-9-5-8-16(12-17)20(25)22-18-13-19(24)23(14-18)11-10-15-6-3-2-4-7-15/h2-9,12,18H,10-11,13-14H2,1H3,(H,22,25)/t18-/m0/s1. The van der Waals surface area contributed by atoms with E-state index < -0.39 is 5.97 Å². The Bertz CT molecular complexity index is 835. The Balaban J connectivity index is 1.56. The van der Waals surface area contributed by atoms with E-state index in [1.807, 2.05) is 30.3 Å². The summed E-state index contributed by atoms with van der Waals surface area (Å²) < 4.78 is 4.67. The molecule has 0 radical (unpaired) electrons. The van der Waals surface area contributed by atoms with Gasteiger partial charge in [0.15, 0.2) is 0 Å². The second-order valence-electron chi connectivity index (χ2n) is 6.52. The lowest BCUT2D eigenvalue weighted by molar-refractivity contribution is -0.127. The van der Waals surface area contributed by atoms with Crippen molar-refractivity contribution in [3.63, 3.8) is 0 Å². The Hall–Kier alpha value is -3.15. The van der Waals surface area contributed by atoms with Gasteiger partial charge in [0.1, 0.15) is 0 Å². The van der Waals surface area contributed by atoms with E-state index >= 15 is 0 Å². The predicted molar refractivity (Wildman–Crippen MR) is 100 cm³/mol. The molecule has 0 unspecified atom stereocenters. The third-order valence-corrected chi connectivity index (χ3v) is 4.61. The van der Waals surface area contributed by atoms with Crippen LogP contribution in [0.3, 0.4) is 0 Å². The molecule has 2 aromatic carbocycles. The van der Waals surface area contributed by atoms with Crippen molar-refractivity contribution in [2.45, 2.75) is 18.9 Å². The number of nitrogens with zero attached hydrogens (tertiary/aromatic N) is 1. The molecule has 1 aliphatic rings. The maximum Gasteiger partial charge on any atom is 0.337 e. The minimum Gasteiger partial charge on any atom is -0.465 e. The number of hydrogen-bond donors (Lipinski definition) is 1. The maximum absolute atomic E-state index is 12.5. The fourth-order valence-corrected chi connectivity index (χ4v) is 3.17. The second kappa shape index (κ2) is 8.49. The molecule has 1 fully saturated rings. The average molecular weight is 366 g/mol. The van der Waals surface area contributed by atoms with Crippen LogP contribution in [0.4, 0.5) is 0 Å². The zero-order valence-electron chi connectivity index (χ0n) is 15.2. The van der Waals surface area contributed by atoms with Crippen molar-refractivity contribution in [2.24, 2.45) is 0 Å². The molecule has 6 heteroatoms. The Labute approximate surface area is 158 Å². The van der Waals surface area contributed by atoms with Crippen LogP contribution in [0.15, 0.2) is 54.6 Å². The lowest BCUT2D eigenvalue weighted by Crippen LogP contribution is -2.37. The summed E-state index contributed by atoms with van der Waals surface area (Å²) in [5.74, 6) is -0.754. The number of nitrogens with one attached hydrogen (secondary N) is 1. The summed E-state index contributed by atoms with van der Waals surface area (Å²) in [5, 5.41) is 2.88. The number of amides is 2. The number of esters is 1. The zero-order chi connectivity index (χ0) is 19.2. The number of ether oxygens (including phenoxy) is 1. The normalized spacial score (nSPS) is 16.3. The SMILES string of the molecule is COC(=O)c1cccc(C(=O)N[C@H]2CC(=O)N(CCc3ccccc3)C2)c1. The lowest BCUT2D eigenvalue weighted by atomic mass is 10.1.